The smallest absolute Gasteiger partial charge is 0.0900 e. The molecule has 1 rings (SSSR count). The second-order valence-corrected chi connectivity index (χ2v) is 5.30. The molecule has 94 valence electrons. The largest absolute Gasteiger partial charge is 0.254 e. The Morgan fingerprint density at radius 2 is 1.94 bits per heavy atom. The fraction of sp³-hybridized carbons (Fsp3) is 0.333. The maximum Gasteiger partial charge on any atom is 0.0900 e. The van der Waals surface area contributed by atoms with Gasteiger partial charge in [0, 0.05) is 12.3 Å². The van der Waals surface area contributed by atoms with Gasteiger partial charge in [0.15, 0.2) is 0 Å². The number of thiocarbonyl (C=S) groups is 2. The Morgan fingerprint density at radius 1 is 1.17 bits per heavy atom. The molecule has 6 heteroatoms. The number of hydrogen-bond acceptors (Lipinski definition) is 5. The van der Waals surface area contributed by atoms with E-state index >= 15 is 0 Å². The van der Waals surface area contributed by atoms with E-state index in [-0.39, 0.29) is 0 Å². The third-order valence-corrected chi connectivity index (χ3v) is 3.91. The first-order valence-corrected chi connectivity index (χ1v) is 7.52. The molecule has 0 aliphatic carbocycles. The summed E-state index contributed by atoms with van der Waals surface area (Å²) in [5.74, 6) is 0.580. The normalized spacial score (nSPS) is 11.1. The molecule has 0 aliphatic rings. The van der Waals surface area contributed by atoms with Gasteiger partial charge in [0.25, 0.3) is 0 Å². The van der Waals surface area contributed by atoms with E-state index in [1.807, 2.05) is 12.1 Å². The molecular formula is C12H12N2OS3. The van der Waals surface area contributed by atoms with E-state index in [4.69, 9.17) is 0 Å². The van der Waals surface area contributed by atoms with Gasteiger partial charge in [-0.1, -0.05) is 12.1 Å². The molecule has 0 aromatic heterocycles. The lowest BCUT2D eigenvalue weighted by atomic mass is 10.3. The lowest BCUT2D eigenvalue weighted by molar-refractivity contribution is 0.678. The van der Waals surface area contributed by atoms with Crippen LogP contribution in [0.15, 0.2) is 39.1 Å². The SMILES string of the molecule is O=S(CCCCN=C=S)c1ccccc1N=C=S. The molecule has 0 N–H and O–H groups in total. The maximum atomic E-state index is 12.1. The first kappa shape index (κ1) is 15.0. The summed E-state index contributed by atoms with van der Waals surface area (Å²) in [5, 5.41) is 4.61. The van der Waals surface area contributed by atoms with E-state index in [0.29, 0.717) is 22.9 Å². The van der Waals surface area contributed by atoms with Crippen LogP contribution in [0.3, 0.4) is 0 Å². The second kappa shape index (κ2) is 8.97. The highest BCUT2D eigenvalue weighted by atomic mass is 32.2. The average molecular weight is 296 g/mol. The van der Waals surface area contributed by atoms with Gasteiger partial charge in [0.05, 0.1) is 31.7 Å². The molecule has 0 saturated heterocycles. The van der Waals surface area contributed by atoms with Crippen LogP contribution < -0.4 is 0 Å². The third kappa shape index (κ3) is 5.08. The van der Waals surface area contributed by atoms with Gasteiger partial charge in [-0.3, -0.25) is 4.21 Å². The van der Waals surface area contributed by atoms with E-state index in [2.05, 4.69) is 44.7 Å². The highest BCUT2D eigenvalue weighted by Crippen LogP contribution is 2.22. The van der Waals surface area contributed by atoms with Crippen molar-refractivity contribution in [2.45, 2.75) is 17.7 Å². The van der Waals surface area contributed by atoms with Crippen LogP contribution >= 0.6 is 24.4 Å². The molecule has 0 fully saturated rings. The van der Waals surface area contributed by atoms with E-state index in [1.165, 1.54) is 0 Å². The lowest BCUT2D eigenvalue weighted by Gasteiger charge is -2.04. The molecule has 0 heterocycles. The average Bonchev–Trinajstić information content (AvgIpc) is 2.39. The summed E-state index contributed by atoms with van der Waals surface area (Å²) in [6.45, 7) is 0.639. The van der Waals surface area contributed by atoms with Gasteiger partial charge < -0.3 is 0 Å². The topological polar surface area (TPSA) is 41.8 Å². The van der Waals surface area contributed by atoms with E-state index in [0.717, 1.165) is 12.8 Å². The monoisotopic (exact) mass is 296 g/mol. The summed E-state index contributed by atoms with van der Waals surface area (Å²) in [4.78, 5) is 8.43. The van der Waals surface area contributed by atoms with Crippen molar-refractivity contribution in [2.75, 3.05) is 12.3 Å². The summed E-state index contributed by atoms with van der Waals surface area (Å²) < 4.78 is 12.1. The molecular weight excluding hydrogens is 284 g/mol. The number of aliphatic imine (C=N–C) groups is 2. The maximum absolute atomic E-state index is 12.1. The summed E-state index contributed by atoms with van der Waals surface area (Å²) in [5.41, 5.74) is 0.628. The molecule has 1 atom stereocenters. The summed E-state index contributed by atoms with van der Waals surface area (Å²) in [7, 11) is -1.07. The van der Waals surface area contributed by atoms with Crippen LogP contribution in [0.25, 0.3) is 0 Å². The van der Waals surface area contributed by atoms with Crippen LogP contribution in [-0.2, 0) is 10.8 Å². The van der Waals surface area contributed by atoms with Crippen LogP contribution in [0.5, 0.6) is 0 Å². The standard InChI is InChI=1S/C12H12N2OS3/c15-18(8-4-3-7-13-9-16)12-6-2-1-5-11(12)14-10-17/h1-2,5-6H,3-4,7-8H2. The zero-order chi connectivity index (χ0) is 13.2. The minimum Gasteiger partial charge on any atom is -0.254 e. The van der Waals surface area contributed by atoms with Crippen molar-refractivity contribution in [3.05, 3.63) is 24.3 Å². The molecule has 0 spiro atoms. The number of nitrogens with zero attached hydrogens (tertiary/aromatic N) is 2. The zero-order valence-corrected chi connectivity index (χ0v) is 12.1. The highest BCUT2D eigenvalue weighted by molar-refractivity contribution is 7.85. The van der Waals surface area contributed by atoms with Gasteiger partial charge in [-0.25, -0.2) is 4.99 Å². The molecule has 1 aromatic carbocycles. The van der Waals surface area contributed by atoms with Crippen LogP contribution in [0, 0.1) is 0 Å². The van der Waals surface area contributed by atoms with Gasteiger partial charge in [-0.15, -0.1) is 0 Å². The van der Waals surface area contributed by atoms with Crippen molar-refractivity contribution >= 4 is 51.2 Å². The Balaban J connectivity index is 2.61. The number of unbranched alkanes of at least 4 members (excludes halogenated alkanes) is 1. The minimum absolute atomic E-state index is 0.580. The number of para-hydroxylation sites is 1. The van der Waals surface area contributed by atoms with E-state index < -0.39 is 10.8 Å². The predicted octanol–water partition coefficient (Wildman–Crippen LogP) is 3.41. The number of isothiocyanates is 2. The van der Waals surface area contributed by atoms with Crippen LogP contribution in [0.4, 0.5) is 5.69 Å². The quantitative estimate of drug-likeness (QED) is 0.440. The summed E-state index contributed by atoms with van der Waals surface area (Å²) >= 11 is 9.04. The highest BCUT2D eigenvalue weighted by Gasteiger charge is 2.08. The molecule has 3 nitrogen and oxygen atoms in total. The van der Waals surface area contributed by atoms with Crippen molar-refractivity contribution in [1.82, 2.24) is 0 Å². The number of rotatable bonds is 7. The first-order valence-electron chi connectivity index (χ1n) is 5.38. The first-order chi connectivity index (χ1) is 8.79. The van der Waals surface area contributed by atoms with Gasteiger partial charge in [0.1, 0.15) is 0 Å². The van der Waals surface area contributed by atoms with Crippen molar-refractivity contribution in [3.63, 3.8) is 0 Å². The van der Waals surface area contributed by atoms with Crippen LogP contribution in [0.2, 0.25) is 0 Å². The van der Waals surface area contributed by atoms with Crippen molar-refractivity contribution in [3.8, 4) is 0 Å². The Hall–Kier alpha value is -1.03. The van der Waals surface area contributed by atoms with E-state index in [1.54, 1.807) is 12.1 Å². The summed E-state index contributed by atoms with van der Waals surface area (Å²) in [6, 6.07) is 7.26. The molecule has 0 aliphatic heterocycles. The van der Waals surface area contributed by atoms with Crippen molar-refractivity contribution < 1.29 is 4.21 Å². The molecule has 0 amide bonds. The molecule has 0 bridgehead atoms. The summed E-state index contributed by atoms with van der Waals surface area (Å²) in [6.07, 6.45) is 1.68. The molecule has 0 radical (unpaired) electrons. The van der Waals surface area contributed by atoms with Gasteiger partial charge >= 0.3 is 0 Å². The van der Waals surface area contributed by atoms with Gasteiger partial charge in [0.2, 0.25) is 0 Å². The Bertz CT molecular complexity index is 518. The Morgan fingerprint density at radius 3 is 2.67 bits per heavy atom. The molecule has 1 aromatic rings. The molecule has 18 heavy (non-hydrogen) atoms. The minimum atomic E-state index is -1.07. The molecule has 0 saturated carbocycles. The lowest BCUT2D eigenvalue weighted by Crippen LogP contribution is -1.99. The van der Waals surface area contributed by atoms with Crippen molar-refractivity contribution in [2.24, 2.45) is 9.98 Å². The Labute approximate surface area is 120 Å². The van der Waals surface area contributed by atoms with Crippen LogP contribution in [-0.4, -0.2) is 26.8 Å². The van der Waals surface area contributed by atoms with Crippen LogP contribution in [0.1, 0.15) is 12.8 Å². The number of benzene rings is 1. The third-order valence-electron chi connectivity index (χ3n) is 2.19. The Kier molecular flexibility index (Phi) is 7.49. The van der Waals surface area contributed by atoms with Gasteiger partial charge in [-0.2, -0.15) is 4.99 Å². The molecule has 1 unspecified atom stereocenters. The fourth-order valence-corrected chi connectivity index (χ4v) is 2.82. The van der Waals surface area contributed by atoms with E-state index in [9.17, 15) is 4.21 Å². The fourth-order valence-electron chi connectivity index (χ4n) is 1.37. The van der Waals surface area contributed by atoms with Gasteiger partial charge in [-0.05, 0) is 49.4 Å². The van der Waals surface area contributed by atoms with Crippen molar-refractivity contribution in [1.29, 1.82) is 0 Å². The number of hydrogen-bond donors (Lipinski definition) is 0. The zero-order valence-electron chi connectivity index (χ0n) is 9.67. The predicted molar refractivity (Wildman–Crippen MR) is 81.5 cm³/mol. The second-order valence-electron chi connectivity index (χ2n) is 3.40.